The lowest BCUT2D eigenvalue weighted by atomic mass is 10.1. The molecule has 1 aromatic carbocycles. The molecule has 0 bridgehead atoms. The van der Waals surface area contributed by atoms with Crippen molar-refractivity contribution in [3.8, 4) is 0 Å². The minimum absolute atomic E-state index is 0.0426. The van der Waals surface area contributed by atoms with Gasteiger partial charge in [0.2, 0.25) is 5.91 Å². The number of aryl methyl sites for hydroxylation is 2. The van der Waals surface area contributed by atoms with Gasteiger partial charge in [0.1, 0.15) is 0 Å². The third-order valence-corrected chi connectivity index (χ3v) is 3.78. The number of carbonyl (C=O) groups is 1. The summed E-state index contributed by atoms with van der Waals surface area (Å²) < 4.78 is 25.9. The SMILES string of the molecule is CCCN(CC)[C@@H](CC)C(=O)Nc1c(C)cccc1C.CS(=O)(=O)O. The second kappa shape index (κ2) is 11.2. The Bertz CT molecular complexity index is 616. The monoisotopic (exact) mass is 372 g/mol. The first kappa shape index (κ1) is 23.6. The average molecular weight is 373 g/mol. The lowest BCUT2D eigenvalue weighted by Crippen LogP contribution is -2.44. The van der Waals surface area contributed by atoms with Crippen molar-refractivity contribution in [2.45, 2.75) is 53.5 Å². The quantitative estimate of drug-likeness (QED) is 0.718. The van der Waals surface area contributed by atoms with Crippen LogP contribution in [0.4, 0.5) is 5.69 Å². The smallest absolute Gasteiger partial charge is 0.261 e. The summed E-state index contributed by atoms with van der Waals surface area (Å²) in [6.07, 6.45) is 2.62. The molecule has 0 saturated heterocycles. The van der Waals surface area contributed by atoms with Crippen molar-refractivity contribution in [3.05, 3.63) is 29.3 Å². The minimum atomic E-state index is -3.67. The molecular weight excluding hydrogens is 340 g/mol. The van der Waals surface area contributed by atoms with Gasteiger partial charge in [-0.1, -0.05) is 39.0 Å². The summed E-state index contributed by atoms with van der Waals surface area (Å²) in [5.41, 5.74) is 3.20. The zero-order chi connectivity index (χ0) is 19.6. The second-order valence-electron chi connectivity index (χ2n) is 6.04. The summed E-state index contributed by atoms with van der Waals surface area (Å²) >= 11 is 0. The summed E-state index contributed by atoms with van der Waals surface area (Å²) in [6, 6.07) is 6.05. The molecule has 2 N–H and O–H groups in total. The maximum absolute atomic E-state index is 12.6. The number of hydrogen-bond donors (Lipinski definition) is 2. The lowest BCUT2D eigenvalue weighted by Gasteiger charge is -2.29. The zero-order valence-corrected chi connectivity index (χ0v) is 17.0. The second-order valence-corrected chi connectivity index (χ2v) is 7.51. The molecule has 0 aromatic heterocycles. The van der Waals surface area contributed by atoms with Crippen LogP contribution in [0.25, 0.3) is 0 Å². The summed E-state index contributed by atoms with van der Waals surface area (Å²) in [6.45, 7) is 12.3. The standard InChI is InChI=1S/C17H28N2O.CH4O3S/c1-6-12-19(8-3)15(7-2)17(20)18-16-13(4)10-9-11-14(16)5;1-5(2,3)4/h9-11,15H,6-8,12H2,1-5H3,(H,18,20);1H3,(H,2,3,4)/t15-;/m0./s1. The number of likely N-dealkylation sites (N-methyl/N-ethyl adjacent to an activating group) is 1. The van der Waals surface area contributed by atoms with E-state index in [4.69, 9.17) is 4.55 Å². The van der Waals surface area contributed by atoms with Crippen molar-refractivity contribution < 1.29 is 17.8 Å². The topological polar surface area (TPSA) is 86.7 Å². The Morgan fingerprint density at radius 2 is 1.68 bits per heavy atom. The zero-order valence-electron chi connectivity index (χ0n) is 16.2. The van der Waals surface area contributed by atoms with Crippen LogP contribution in [0.15, 0.2) is 18.2 Å². The molecule has 0 spiro atoms. The lowest BCUT2D eigenvalue weighted by molar-refractivity contribution is -0.121. The van der Waals surface area contributed by atoms with E-state index in [-0.39, 0.29) is 11.9 Å². The molecule has 0 unspecified atom stereocenters. The Kier molecular flexibility index (Phi) is 10.6. The van der Waals surface area contributed by atoms with Crippen LogP contribution >= 0.6 is 0 Å². The third-order valence-electron chi connectivity index (χ3n) is 3.78. The Morgan fingerprint density at radius 1 is 1.20 bits per heavy atom. The molecule has 144 valence electrons. The number of carbonyl (C=O) groups excluding carboxylic acids is 1. The largest absolute Gasteiger partial charge is 0.324 e. The van der Waals surface area contributed by atoms with Gasteiger partial charge < -0.3 is 5.32 Å². The number of nitrogens with zero attached hydrogens (tertiary/aromatic N) is 1. The fourth-order valence-corrected chi connectivity index (χ4v) is 2.65. The van der Waals surface area contributed by atoms with Crippen LogP contribution in [0.2, 0.25) is 0 Å². The van der Waals surface area contributed by atoms with Crippen LogP contribution < -0.4 is 5.32 Å². The van der Waals surface area contributed by atoms with Crippen molar-refractivity contribution in [3.63, 3.8) is 0 Å². The fraction of sp³-hybridized carbons (Fsp3) is 0.611. The van der Waals surface area contributed by atoms with Gasteiger partial charge in [0.25, 0.3) is 10.1 Å². The van der Waals surface area contributed by atoms with E-state index in [1.54, 1.807) is 0 Å². The van der Waals surface area contributed by atoms with E-state index in [0.29, 0.717) is 6.26 Å². The van der Waals surface area contributed by atoms with E-state index in [0.717, 1.165) is 42.7 Å². The maximum Gasteiger partial charge on any atom is 0.261 e. The number of hydrogen-bond acceptors (Lipinski definition) is 4. The van der Waals surface area contributed by atoms with Gasteiger partial charge in [0.15, 0.2) is 0 Å². The molecule has 1 atom stereocenters. The molecule has 1 aromatic rings. The molecule has 7 heteroatoms. The van der Waals surface area contributed by atoms with Crippen LogP contribution in [0, 0.1) is 13.8 Å². The van der Waals surface area contributed by atoms with Crippen LogP contribution in [-0.4, -0.2) is 49.2 Å². The van der Waals surface area contributed by atoms with Gasteiger partial charge in [-0.2, -0.15) is 8.42 Å². The predicted octanol–water partition coefficient (Wildman–Crippen LogP) is 3.26. The molecule has 0 aliphatic carbocycles. The van der Waals surface area contributed by atoms with Gasteiger partial charge in [0, 0.05) is 5.69 Å². The number of anilines is 1. The summed E-state index contributed by atoms with van der Waals surface area (Å²) in [5.74, 6) is 0.111. The average Bonchev–Trinajstić information content (AvgIpc) is 2.49. The first-order valence-corrected chi connectivity index (χ1v) is 10.4. The van der Waals surface area contributed by atoms with Gasteiger partial charge in [0.05, 0.1) is 12.3 Å². The van der Waals surface area contributed by atoms with Gasteiger partial charge >= 0.3 is 0 Å². The van der Waals surface area contributed by atoms with E-state index in [2.05, 4.69) is 31.0 Å². The molecule has 0 heterocycles. The van der Waals surface area contributed by atoms with Gasteiger partial charge in [-0.15, -0.1) is 0 Å². The highest BCUT2D eigenvalue weighted by molar-refractivity contribution is 7.85. The highest BCUT2D eigenvalue weighted by Gasteiger charge is 2.23. The summed E-state index contributed by atoms with van der Waals surface area (Å²) in [7, 11) is -3.67. The molecular formula is C18H32N2O4S. The molecule has 6 nitrogen and oxygen atoms in total. The number of benzene rings is 1. The third kappa shape index (κ3) is 9.57. The predicted molar refractivity (Wildman–Crippen MR) is 104 cm³/mol. The van der Waals surface area contributed by atoms with E-state index in [1.807, 2.05) is 32.0 Å². The Morgan fingerprint density at radius 3 is 2.04 bits per heavy atom. The van der Waals surface area contributed by atoms with Crippen molar-refractivity contribution in [1.29, 1.82) is 0 Å². The molecule has 1 amide bonds. The Hall–Kier alpha value is -1.44. The Labute approximate surface area is 152 Å². The van der Waals surface area contributed by atoms with Gasteiger partial charge in [-0.3, -0.25) is 14.2 Å². The first-order chi connectivity index (χ1) is 11.5. The normalized spacial score (nSPS) is 12.3. The summed E-state index contributed by atoms with van der Waals surface area (Å²) in [4.78, 5) is 14.8. The van der Waals surface area contributed by atoms with Crippen LogP contribution in [0.1, 0.15) is 44.7 Å². The van der Waals surface area contributed by atoms with Crippen LogP contribution in [0.3, 0.4) is 0 Å². The molecule has 0 saturated carbocycles. The number of amides is 1. The van der Waals surface area contributed by atoms with Crippen molar-refractivity contribution in [1.82, 2.24) is 4.90 Å². The highest BCUT2D eigenvalue weighted by atomic mass is 32.2. The van der Waals surface area contributed by atoms with Gasteiger partial charge in [-0.05, 0) is 50.9 Å². The first-order valence-electron chi connectivity index (χ1n) is 8.58. The molecule has 0 fully saturated rings. The molecule has 0 aliphatic rings. The number of nitrogens with one attached hydrogen (secondary N) is 1. The highest BCUT2D eigenvalue weighted by Crippen LogP contribution is 2.20. The maximum atomic E-state index is 12.6. The fourth-order valence-electron chi connectivity index (χ4n) is 2.65. The number of rotatable bonds is 7. The molecule has 25 heavy (non-hydrogen) atoms. The minimum Gasteiger partial charge on any atom is -0.324 e. The van der Waals surface area contributed by atoms with E-state index < -0.39 is 10.1 Å². The molecule has 1 rings (SSSR count). The molecule has 0 aliphatic heterocycles. The van der Waals surface area contributed by atoms with Crippen LogP contribution in [0.5, 0.6) is 0 Å². The Balaban J connectivity index is 0.00000101. The van der Waals surface area contributed by atoms with Crippen molar-refractivity contribution in [2.24, 2.45) is 0 Å². The van der Waals surface area contributed by atoms with E-state index in [1.165, 1.54) is 0 Å². The summed E-state index contributed by atoms with van der Waals surface area (Å²) in [5, 5.41) is 3.12. The molecule has 0 radical (unpaired) electrons. The van der Waals surface area contributed by atoms with Gasteiger partial charge in [-0.25, -0.2) is 0 Å². The van der Waals surface area contributed by atoms with Crippen LogP contribution in [-0.2, 0) is 14.9 Å². The number of para-hydroxylation sites is 1. The van der Waals surface area contributed by atoms with Crippen molar-refractivity contribution >= 4 is 21.7 Å². The van der Waals surface area contributed by atoms with E-state index >= 15 is 0 Å². The van der Waals surface area contributed by atoms with E-state index in [9.17, 15) is 13.2 Å². The van der Waals surface area contributed by atoms with Crippen molar-refractivity contribution in [2.75, 3.05) is 24.7 Å².